The molecule has 1 atom stereocenters. The van der Waals surface area contributed by atoms with Crippen LogP contribution in [0.1, 0.15) is 16.0 Å². The van der Waals surface area contributed by atoms with Crippen LogP contribution in [0.5, 0.6) is 5.75 Å². The predicted octanol–water partition coefficient (Wildman–Crippen LogP) is 6.04. The third-order valence-electron chi connectivity index (χ3n) is 2.91. The molecule has 106 valence electrons. The standard InChI is InChI=1S/C15H12Br3FO/c1-20-15-8-14(19)13(18)7-11(15)12(17)6-9-3-2-4-10(16)5-9/h2-5,7-8,12H,6H2,1H3. The summed E-state index contributed by atoms with van der Waals surface area (Å²) in [5.74, 6) is 0.218. The van der Waals surface area contributed by atoms with Crippen molar-refractivity contribution in [2.75, 3.05) is 7.11 Å². The topological polar surface area (TPSA) is 9.23 Å². The van der Waals surface area contributed by atoms with Crippen LogP contribution in [-0.4, -0.2) is 7.11 Å². The fourth-order valence-electron chi connectivity index (χ4n) is 1.95. The van der Waals surface area contributed by atoms with E-state index in [4.69, 9.17) is 4.74 Å². The first kappa shape index (κ1) is 16.0. The molecular weight excluding hydrogens is 455 g/mol. The summed E-state index contributed by atoms with van der Waals surface area (Å²) in [7, 11) is 1.55. The number of benzene rings is 2. The minimum atomic E-state index is -0.326. The Balaban J connectivity index is 2.29. The largest absolute Gasteiger partial charge is 0.496 e. The van der Waals surface area contributed by atoms with Gasteiger partial charge in [-0.2, -0.15) is 0 Å². The smallest absolute Gasteiger partial charge is 0.141 e. The second-order valence-electron chi connectivity index (χ2n) is 4.31. The molecule has 1 nitrogen and oxygen atoms in total. The first-order valence-corrected chi connectivity index (χ1v) is 8.43. The van der Waals surface area contributed by atoms with E-state index in [-0.39, 0.29) is 10.6 Å². The molecule has 0 saturated heterocycles. The van der Waals surface area contributed by atoms with Gasteiger partial charge in [0.05, 0.1) is 11.6 Å². The van der Waals surface area contributed by atoms with Crippen molar-refractivity contribution in [1.82, 2.24) is 0 Å². The van der Waals surface area contributed by atoms with Crippen molar-refractivity contribution in [1.29, 1.82) is 0 Å². The maximum Gasteiger partial charge on any atom is 0.141 e. The molecule has 2 aromatic carbocycles. The number of ether oxygens (including phenoxy) is 1. The van der Waals surface area contributed by atoms with E-state index < -0.39 is 0 Å². The molecule has 1 unspecified atom stereocenters. The molecule has 0 amide bonds. The molecule has 5 heteroatoms. The molecule has 0 radical (unpaired) electrons. The van der Waals surface area contributed by atoms with Gasteiger partial charge in [-0.05, 0) is 46.1 Å². The van der Waals surface area contributed by atoms with E-state index in [1.54, 1.807) is 13.2 Å². The quantitative estimate of drug-likeness (QED) is 0.499. The highest BCUT2D eigenvalue weighted by Crippen LogP contribution is 2.37. The van der Waals surface area contributed by atoms with E-state index in [1.807, 2.05) is 12.1 Å². The SMILES string of the molecule is COc1cc(F)c(Br)cc1C(Br)Cc1cccc(Br)c1. The molecule has 0 heterocycles. The molecule has 0 aliphatic heterocycles. The van der Waals surface area contributed by atoms with Crippen LogP contribution in [-0.2, 0) is 6.42 Å². The van der Waals surface area contributed by atoms with Crippen LogP contribution >= 0.6 is 47.8 Å². The second kappa shape index (κ2) is 7.05. The highest BCUT2D eigenvalue weighted by atomic mass is 79.9. The third kappa shape index (κ3) is 3.83. The van der Waals surface area contributed by atoms with Gasteiger partial charge >= 0.3 is 0 Å². The van der Waals surface area contributed by atoms with E-state index in [1.165, 1.54) is 11.6 Å². The molecule has 0 aliphatic carbocycles. The Labute approximate surface area is 142 Å². The molecule has 2 rings (SSSR count). The summed E-state index contributed by atoms with van der Waals surface area (Å²) in [5, 5.41) is 0. The van der Waals surface area contributed by atoms with Gasteiger partial charge in [-0.15, -0.1) is 0 Å². The van der Waals surface area contributed by atoms with Crippen molar-refractivity contribution in [3.05, 3.63) is 62.3 Å². The molecule has 0 saturated carbocycles. The fourth-order valence-corrected chi connectivity index (χ4v) is 3.49. The number of halogens is 4. The van der Waals surface area contributed by atoms with Gasteiger partial charge in [0, 0.05) is 20.9 Å². The molecule has 20 heavy (non-hydrogen) atoms. The Bertz CT molecular complexity index is 616. The molecule has 2 aromatic rings. The number of rotatable bonds is 4. The molecule has 0 fully saturated rings. The predicted molar refractivity (Wildman–Crippen MR) is 90.2 cm³/mol. The summed E-state index contributed by atoms with van der Waals surface area (Å²) in [6, 6.07) is 11.3. The summed E-state index contributed by atoms with van der Waals surface area (Å²) < 4.78 is 20.3. The van der Waals surface area contributed by atoms with E-state index in [2.05, 4.69) is 59.9 Å². The number of methoxy groups -OCH3 is 1. The highest BCUT2D eigenvalue weighted by Gasteiger charge is 2.17. The zero-order valence-corrected chi connectivity index (χ0v) is 15.4. The zero-order chi connectivity index (χ0) is 14.7. The summed E-state index contributed by atoms with van der Waals surface area (Å²) in [4.78, 5) is 0.0450. The Morgan fingerprint density at radius 2 is 1.95 bits per heavy atom. The maximum absolute atomic E-state index is 13.5. The third-order valence-corrected chi connectivity index (χ3v) is 4.83. The van der Waals surface area contributed by atoms with E-state index >= 15 is 0 Å². The fraction of sp³-hybridized carbons (Fsp3) is 0.200. The summed E-state index contributed by atoms with van der Waals surface area (Å²) >= 11 is 10.3. The van der Waals surface area contributed by atoms with Crippen molar-refractivity contribution in [2.45, 2.75) is 11.2 Å². The Kier molecular flexibility index (Phi) is 5.64. The van der Waals surface area contributed by atoms with Crippen LogP contribution in [0.15, 0.2) is 45.3 Å². The van der Waals surface area contributed by atoms with Gasteiger partial charge in [0.2, 0.25) is 0 Å². The van der Waals surface area contributed by atoms with Gasteiger partial charge < -0.3 is 4.74 Å². The molecule has 0 aliphatic rings. The van der Waals surface area contributed by atoms with Gasteiger partial charge in [-0.3, -0.25) is 0 Å². The van der Waals surface area contributed by atoms with E-state index in [9.17, 15) is 4.39 Å². The number of hydrogen-bond acceptors (Lipinski definition) is 1. The lowest BCUT2D eigenvalue weighted by molar-refractivity contribution is 0.405. The Hall–Kier alpha value is -0.390. The Morgan fingerprint density at radius 3 is 2.60 bits per heavy atom. The molecule has 0 N–H and O–H groups in total. The van der Waals surface area contributed by atoms with Crippen LogP contribution in [0.4, 0.5) is 4.39 Å². The van der Waals surface area contributed by atoms with Gasteiger partial charge in [-0.25, -0.2) is 4.39 Å². The van der Waals surface area contributed by atoms with Crippen molar-refractivity contribution >= 4 is 47.8 Å². The summed E-state index contributed by atoms with van der Waals surface area (Å²) in [5.41, 5.74) is 2.10. The van der Waals surface area contributed by atoms with Crippen molar-refractivity contribution in [3.8, 4) is 5.75 Å². The molecular formula is C15H12Br3FO. The van der Waals surface area contributed by atoms with Crippen molar-refractivity contribution in [2.24, 2.45) is 0 Å². The average Bonchev–Trinajstić information content (AvgIpc) is 2.41. The van der Waals surface area contributed by atoms with E-state index in [0.717, 1.165) is 16.5 Å². The maximum atomic E-state index is 13.5. The van der Waals surface area contributed by atoms with Gasteiger partial charge in [0.1, 0.15) is 11.6 Å². The lowest BCUT2D eigenvalue weighted by Gasteiger charge is -2.15. The van der Waals surface area contributed by atoms with Crippen LogP contribution in [0.2, 0.25) is 0 Å². The monoisotopic (exact) mass is 464 g/mol. The lowest BCUT2D eigenvalue weighted by Crippen LogP contribution is -2.00. The first-order chi connectivity index (χ1) is 9.51. The van der Waals surface area contributed by atoms with Crippen LogP contribution < -0.4 is 4.74 Å². The normalized spacial score (nSPS) is 12.2. The minimum Gasteiger partial charge on any atom is -0.496 e. The van der Waals surface area contributed by atoms with Crippen LogP contribution in [0.3, 0.4) is 0 Å². The van der Waals surface area contributed by atoms with E-state index in [0.29, 0.717) is 10.2 Å². The summed E-state index contributed by atoms with van der Waals surface area (Å²) in [6.45, 7) is 0. The van der Waals surface area contributed by atoms with Gasteiger partial charge in [0.15, 0.2) is 0 Å². The van der Waals surface area contributed by atoms with Gasteiger partial charge in [-0.1, -0.05) is 44.0 Å². The second-order valence-corrected chi connectivity index (χ2v) is 7.19. The highest BCUT2D eigenvalue weighted by molar-refractivity contribution is 9.10. The first-order valence-electron chi connectivity index (χ1n) is 5.92. The zero-order valence-electron chi connectivity index (χ0n) is 10.7. The minimum absolute atomic E-state index is 0.0450. The Morgan fingerprint density at radius 1 is 1.20 bits per heavy atom. The number of hydrogen-bond donors (Lipinski definition) is 0. The molecule has 0 bridgehead atoms. The lowest BCUT2D eigenvalue weighted by atomic mass is 10.0. The average molecular weight is 467 g/mol. The molecule has 0 aromatic heterocycles. The van der Waals surface area contributed by atoms with Crippen molar-refractivity contribution < 1.29 is 9.13 Å². The van der Waals surface area contributed by atoms with Gasteiger partial charge in [0.25, 0.3) is 0 Å². The number of alkyl halides is 1. The van der Waals surface area contributed by atoms with Crippen LogP contribution in [0, 0.1) is 5.82 Å². The van der Waals surface area contributed by atoms with Crippen molar-refractivity contribution in [3.63, 3.8) is 0 Å². The van der Waals surface area contributed by atoms with Crippen LogP contribution in [0.25, 0.3) is 0 Å². The molecule has 0 spiro atoms. The summed E-state index contributed by atoms with van der Waals surface area (Å²) in [6.07, 6.45) is 0.786.